The lowest BCUT2D eigenvalue weighted by Crippen LogP contribution is -1.97. The highest BCUT2D eigenvalue weighted by molar-refractivity contribution is 7.84. The predicted octanol–water partition coefficient (Wildman–Crippen LogP) is 2.58. The van der Waals surface area contributed by atoms with Crippen LogP contribution in [0.4, 0.5) is 5.69 Å². The second kappa shape index (κ2) is 4.94. The van der Waals surface area contributed by atoms with Gasteiger partial charge in [-0.05, 0) is 29.8 Å². The van der Waals surface area contributed by atoms with E-state index in [1.165, 1.54) is 0 Å². The molecule has 3 heteroatoms. The largest absolute Gasteiger partial charge is 0.399 e. The van der Waals surface area contributed by atoms with E-state index in [0.717, 1.165) is 10.5 Å². The van der Waals surface area contributed by atoms with E-state index in [1.54, 1.807) is 0 Å². The van der Waals surface area contributed by atoms with Crippen LogP contribution < -0.4 is 5.73 Å². The van der Waals surface area contributed by atoms with Crippen molar-refractivity contribution in [2.45, 2.75) is 10.6 Å². The van der Waals surface area contributed by atoms with Gasteiger partial charge in [0.15, 0.2) is 0 Å². The number of hydrogen-bond donors (Lipinski definition) is 1. The minimum atomic E-state index is -0.998. The Labute approximate surface area is 97.6 Å². The molecule has 0 spiro atoms. The molecule has 0 aliphatic carbocycles. The monoisotopic (exact) mass is 231 g/mol. The Morgan fingerprint density at radius 2 is 1.75 bits per heavy atom. The summed E-state index contributed by atoms with van der Waals surface area (Å²) in [5.41, 5.74) is 7.39. The summed E-state index contributed by atoms with van der Waals surface area (Å²) >= 11 is 0. The van der Waals surface area contributed by atoms with Gasteiger partial charge in [0.05, 0.1) is 16.6 Å². The quantitative estimate of drug-likeness (QED) is 0.825. The molecule has 0 radical (unpaired) electrons. The maximum Gasteiger partial charge on any atom is 0.0574 e. The third-order valence-electron chi connectivity index (χ3n) is 2.25. The van der Waals surface area contributed by atoms with Crippen LogP contribution in [0.15, 0.2) is 59.5 Å². The zero-order valence-electron chi connectivity index (χ0n) is 8.80. The summed E-state index contributed by atoms with van der Waals surface area (Å²) in [5.74, 6) is 0.509. The van der Waals surface area contributed by atoms with Gasteiger partial charge in [-0.2, -0.15) is 0 Å². The van der Waals surface area contributed by atoms with Gasteiger partial charge in [0.2, 0.25) is 0 Å². The van der Waals surface area contributed by atoms with Crippen molar-refractivity contribution in [3.63, 3.8) is 0 Å². The smallest absolute Gasteiger partial charge is 0.0574 e. The van der Waals surface area contributed by atoms with E-state index in [1.807, 2.05) is 54.6 Å². The Balaban J connectivity index is 2.14. The minimum Gasteiger partial charge on any atom is -0.399 e. The highest BCUT2D eigenvalue weighted by atomic mass is 32.2. The van der Waals surface area contributed by atoms with Crippen molar-refractivity contribution in [2.24, 2.45) is 0 Å². The Hall–Kier alpha value is -1.61. The molecule has 2 aromatic carbocycles. The number of anilines is 1. The molecule has 2 nitrogen and oxygen atoms in total. The van der Waals surface area contributed by atoms with Gasteiger partial charge < -0.3 is 5.73 Å². The molecule has 0 saturated carbocycles. The van der Waals surface area contributed by atoms with E-state index in [-0.39, 0.29) is 0 Å². The molecule has 0 unspecified atom stereocenters. The van der Waals surface area contributed by atoms with Crippen LogP contribution in [0.3, 0.4) is 0 Å². The van der Waals surface area contributed by atoms with Crippen molar-refractivity contribution in [1.29, 1.82) is 0 Å². The zero-order chi connectivity index (χ0) is 11.4. The molecule has 0 amide bonds. The molecule has 2 rings (SSSR count). The predicted molar refractivity (Wildman–Crippen MR) is 67.4 cm³/mol. The third kappa shape index (κ3) is 2.70. The lowest BCUT2D eigenvalue weighted by molar-refractivity contribution is 0.682. The molecule has 0 heterocycles. The fourth-order valence-corrected chi connectivity index (χ4v) is 2.60. The van der Waals surface area contributed by atoms with Crippen LogP contribution in [0, 0.1) is 0 Å². The molecule has 0 aliphatic rings. The molecule has 0 aromatic heterocycles. The molecule has 1 atom stereocenters. The Morgan fingerprint density at radius 1 is 1.00 bits per heavy atom. The van der Waals surface area contributed by atoms with E-state index in [9.17, 15) is 4.21 Å². The molecule has 0 bridgehead atoms. The van der Waals surface area contributed by atoms with Crippen LogP contribution in [0.5, 0.6) is 0 Å². The molecular formula is C13H13NOS. The van der Waals surface area contributed by atoms with E-state index in [2.05, 4.69) is 0 Å². The molecule has 0 saturated heterocycles. The van der Waals surface area contributed by atoms with Crippen molar-refractivity contribution >= 4 is 16.5 Å². The normalized spacial score (nSPS) is 12.2. The van der Waals surface area contributed by atoms with Crippen LogP contribution in [-0.2, 0) is 16.6 Å². The van der Waals surface area contributed by atoms with Gasteiger partial charge in [-0.25, -0.2) is 0 Å². The first kappa shape index (κ1) is 10.9. The molecular weight excluding hydrogens is 218 g/mol. The van der Waals surface area contributed by atoms with Gasteiger partial charge in [-0.3, -0.25) is 4.21 Å². The van der Waals surface area contributed by atoms with Gasteiger partial charge in [-0.15, -0.1) is 0 Å². The topological polar surface area (TPSA) is 43.1 Å². The first-order valence-electron chi connectivity index (χ1n) is 5.03. The molecule has 0 fully saturated rings. The summed E-state index contributed by atoms with van der Waals surface area (Å²) in [7, 11) is -0.998. The van der Waals surface area contributed by atoms with E-state index < -0.39 is 10.8 Å². The number of nitrogens with two attached hydrogens (primary N) is 1. The van der Waals surface area contributed by atoms with Crippen molar-refractivity contribution in [3.8, 4) is 0 Å². The summed E-state index contributed by atoms with van der Waals surface area (Å²) in [6.45, 7) is 0. The van der Waals surface area contributed by atoms with Crippen LogP contribution >= 0.6 is 0 Å². The molecule has 0 aliphatic heterocycles. The first-order valence-corrected chi connectivity index (χ1v) is 6.35. The molecule has 2 N–H and O–H groups in total. The Bertz CT molecular complexity index is 496. The summed E-state index contributed by atoms with van der Waals surface area (Å²) in [4.78, 5) is 0.852. The van der Waals surface area contributed by atoms with Gasteiger partial charge in [0, 0.05) is 10.6 Å². The fourth-order valence-electron chi connectivity index (χ4n) is 1.49. The average molecular weight is 231 g/mol. The number of rotatable bonds is 3. The second-order valence-electron chi connectivity index (χ2n) is 3.55. The summed E-state index contributed by atoms with van der Waals surface area (Å²) in [5, 5.41) is 0. The van der Waals surface area contributed by atoms with E-state index in [4.69, 9.17) is 5.73 Å². The lowest BCUT2D eigenvalue weighted by atomic mass is 10.2. The van der Waals surface area contributed by atoms with Crippen LogP contribution in [0.25, 0.3) is 0 Å². The Kier molecular flexibility index (Phi) is 3.37. The maximum atomic E-state index is 12.0. The van der Waals surface area contributed by atoms with E-state index >= 15 is 0 Å². The second-order valence-corrected chi connectivity index (χ2v) is 5.00. The van der Waals surface area contributed by atoms with Crippen LogP contribution in [0.1, 0.15) is 5.56 Å². The first-order chi connectivity index (χ1) is 7.75. The van der Waals surface area contributed by atoms with Gasteiger partial charge in [0.1, 0.15) is 0 Å². The average Bonchev–Trinajstić information content (AvgIpc) is 2.30. The minimum absolute atomic E-state index is 0.509. The standard InChI is InChI=1S/C13H13NOS/c14-12-6-4-5-11(9-12)10-16(15)13-7-2-1-3-8-13/h1-9H,10,14H2/t16-/m0/s1. The zero-order valence-corrected chi connectivity index (χ0v) is 9.61. The summed E-state index contributed by atoms with van der Waals surface area (Å²) in [6, 6.07) is 17.0. The number of benzene rings is 2. The van der Waals surface area contributed by atoms with Crippen molar-refractivity contribution < 1.29 is 4.21 Å². The van der Waals surface area contributed by atoms with Crippen molar-refractivity contribution in [3.05, 3.63) is 60.2 Å². The van der Waals surface area contributed by atoms with Crippen LogP contribution in [0.2, 0.25) is 0 Å². The van der Waals surface area contributed by atoms with Crippen molar-refractivity contribution in [2.75, 3.05) is 5.73 Å². The van der Waals surface area contributed by atoms with Crippen molar-refractivity contribution in [1.82, 2.24) is 0 Å². The SMILES string of the molecule is Nc1cccc(C[S@](=O)c2ccccc2)c1. The highest BCUT2D eigenvalue weighted by Gasteiger charge is 2.04. The Morgan fingerprint density at radius 3 is 2.44 bits per heavy atom. The summed E-state index contributed by atoms with van der Waals surface area (Å²) < 4.78 is 12.0. The van der Waals surface area contributed by atoms with Gasteiger partial charge in [-0.1, -0.05) is 30.3 Å². The lowest BCUT2D eigenvalue weighted by Gasteiger charge is -2.03. The fraction of sp³-hybridized carbons (Fsp3) is 0.0769. The number of nitrogen functional groups attached to an aromatic ring is 1. The molecule has 2 aromatic rings. The molecule has 82 valence electrons. The highest BCUT2D eigenvalue weighted by Crippen LogP contribution is 2.13. The summed E-state index contributed by atoms with van der Waals surface area (Å²) in [6.07, 6.45) is 0. The maximum absolute atomic E-state index is 12.0. The van der Waals surface area contributed by atoms with Gasteiger partial charge >= 0.3 is 0 Å². The number of hydrogen-bond acceptors (Lipinski definition) is 2. The molecule has 16 heavy (non-hydrogen) atoms. The third-order valence-corrected chi connectivity index (χ3v) is 3.65. The van der Waals surface area contributed by atoms with Gasteiger partial charge in [0.25, 0.3) is 0 Å². The van der Waals surface area contributed by atoms with E-state index in [0.29, 0.717) is 11.4 Å². The van der Waals surface area contributed by atoms with Crippen LogP contribution in [-0.4, -0.2) is 4.21 Å².